The van der Waals surface area contributed by atoms with Gasteiger partial charge in [0.15, 0.2) is 0 Å². The van der Waals surface area contributed by atoms with Gasteiger partial charge in [0.2, 0.25) is 5.91 Å². The number of carbonyl (C=O) groups is 2. The summed E-state index contributed by atoms with van der Waals surface area (Å²) < 4.78 is 4.83. The van der Waals surface area contributed by atoms with Crippen LogP contribution in [-0.2, 0) is 14.3 Å². The summed E-state index contributed by atoms with van der Waals surface area (Å²) in [6, 6.07) is 14.6. The fraction of sp³-hybridized carbons (Fsp3) is 0.200. The second-order valence-electron chi connectivity index (χ2n) is 5.41. The van der Waals surface area contributed by atoms with Crippen molar-refractivity contribution in [2.45, 2.75) is 24.0 Å². The molecule has 0 heterocycles. The predicted molar refractivity (Wildman–Crippen MR) is 108 cm³/mol. The van der Waals surface area contributed by atoms with E-state index in [9.17, 15) is 9.59 Å². The van der Waals surface area contributed by atoms with Crippen LogP contribution in [0.1, 0.15) is 19.4 Å². The molecule has 2 rings (SSSR count). The lowest BCUT2D eigenvalue weighted by Crippen LogP contribution is -2.22. The Bertz CT molecular complexity index is 773. The van der Waals surface area contributed by atoms with Crippen molar-refractivity contribution in [3.05, 3.63) is 65.2 Å². The van der Waals surface area contributed by atoms with E-state index in [-0.39, 0.29) is 17.1 Å². The lowest BCUT2D eigenvalue weighted by atomic mass is 10.2. The van der Waals surface area contributed by atoms with E-state index in [0.717, 1.165) is 10.5 Å². The highest BCUT2D eigenvalue weighted by Gasteiger charge is 2.14. The first-order chi connectivity index (χ1) is 12.5. The second-order valence-corrected chi connectivity index (χ2v) is 7.26. The van der Waals surface area contributed by atoms with Gasteiger partial charge in [-0.25, -0.2) is 4.79 Å². The summed E-state index contributed by atoms with van der Waals surface area (Å²) in [5.41, 5.74) is 1.55. The molecule has 0 aliphatic heterocycles. The molecule has 0 saturated carbocycles. The largest absolute Gasteiger partial charge is 0.463 e. The molecule has 2 aromatic carbocycles. The third-order valence-corrected chi connectivity index (χ3v) is 4.74. The first-order valence-corrected chi connectivity index (χ1v) is 9.41. The van der Waals surface area contributed by atoms with Crippen LogP contribution in [0.25, 0.3) is 6.08 Å². The first kappa shape index (κ1) is 20.1. The van der Waals surface area contributed by atoms with Gasteiger partial charge in [0.25, 0.3) is 0 Å². The van der Waals surface area contributed by atoms with Crippen molar-refractivity contribution in [2.75, 3.05) is 11.9 Å². The molecule has 0 aliphatic carbocycles. The minimum absolute atomic E-state index is 0.0836. The number of benzene rings is 2. The van der Waals surface area contributed by atoms with E-state index in [1.54, 1.807) is 37.3 Å². The molecule has 6 heteroatoms. The Kier molecular flexibility index (Phi) is 7.75. The average molecular weight is 390 g/mol. The summed E-state index contributed by atoms with van der Waals surface area (Å²) in [4.78, 5) is 24.6. The van der Waals surface area contributed by atoms with Crippen LogP contribution in [0.3, 0.4) is 0 Å². The topological polar surface area (TPSA) is 55.4 Å². The molecule has 0 bridgehead atoms. The number of anilines is 1. The van der Waals surface area contributed by atoms with E-state index < -0.39 is 0 Å². The van der Waals surface area contributed by atoms with Gasteiger partial charge in [0.1, 0.15) is 0 Å². The highest BCUT2D eigenvalue weighted by atomic mass is 35.5. The van der Waals surface area contributed by atoms with Crippen LogP contribution in [0, 0.1) is 0 Å². The Hall–Kier alpha value is -2.24. The molecule has 1 amide bonds. The van der Waals surface area contributed by atoms with E-state index in [0.29, 0.717) is 17.3 Å². The lowest BCUT2D eigenvalue weighted by Gasteiger charge is -2.12. The van der Waals surface area contributed by atoms with E-state index in [1.807, 2.05) is 31.2 Å². The second kappa shape index (κ2) is 10.0. The maximum atomic E-state index is 12.3. The molecule has 0 saturated heterocycles. The molecule has 0 aromatic heterocycles. The summed E-state index contributed by atoms with van der Waals surface area (Å²) >= 11 is 7.33. The maximum absolute atomic E-state index is 12.3. The molecule has 1 unspecified atom stereocenters. The Morgan fingerprint density at radius 3 is 2.42 bits per heavy atom. The number of amides is 1. The third-order valence-electron chi connectivity index (χ3n) is 3.37. The van der Waals surface area contributed by atoms with Gasteiger partial charge in [-0.15, -0.1) is 11.8 Å². The van der Waals surface area contributed by atoms with Crippen molar-refractivity contribution >= 4 is 47.0 Å². The van der Waals surface area contributed by atoms with Gasteiger partial charge in [0.05, 0.1) is 11.9 Å². The Balaban J connectivity index is 1.90. The van der Waals surface area contributed by atoms with Crippen LogP contribution in [0.15, 0.2) is 59.5 Å². The summed E-state index contributed by atoms with van der Waals surface area (Å²) in [6.07, 6.45) is 3.05. The summed E-state index contributed by atoms with van der Waals surface area (Å²) in [5.74, 6) is -0.460. The van der Waals surface area contributed by atoms with Crippen molar-refractivity contribution in [2.24, 2.45) is 0 Å². The quantitative estimate of drug-likeness (QED) is 0.409. The Morgan fingerprint density at radius 1 is 1.15 bits per heavy atom. The van der Waals surface area contributed by atoms with Crippen LogP contribution < -0.4 is 5.32 Å². The third kappa shape index (κ3) is 6.58. The van der Waals surface area contributed by atoms with Gasteiger partial charge in [-0.2, -0.15) is 0 Å². The van der Waals surface area contributed by atoms with E-state index in [1.165, 1.54) is 17.8 Å². The maximum Gasteiger partial charge on any atom is 0.330 e. The van der Waals surface area contributed by atoms with Crippen molar-refractivity contribution in [3.63, 3.8) is 0 Å². The molecule has 0 spiro atoms. The van der Waals surface area contributed by atoms with Gasteiger partial charge in [-0.05, 0) is 61.9 Å². The number of halogens is 1. The average Bonchev–Trinajstić information content (AvgIpc) is 2.63. The zero-order valence-corrected chi connectivity index (χ0v) is 16.1. The number of hydrogen-bond donors (Lipinski definition) is 1. The number of esters is 1. The molecule has 2 aromatic rings. The number of hydrogen-bond acceptors (Lipinski definition) is 4. The Labute approximate surface area is 162 Å². The van der Waals surface area contributed by atoms with Crippen molar-refractivity contribution in [1.82, 2.24) is 0 Å². The van der Waals surface area contributed by atoms with Crippen LogP contribution in [0.4, 0.5) is 5.69 Å². The molecule has 1 N–H and O–H groups in total. The van der Waals surface area contributed by atoms with Crippen molar-refractivity contribution in [1.29, 1.82) is 0 Å². The summed E-state index contributed by atoms with van der Waals surface area (Å²) in [5, 5.41) is 3.30. The minimum atomic E-state index is -0.377. The molecule has 26 heavy (non-hydrogen) atoms. The molecule has 136 valence electrons. The van der Waals surface area contributed by atoms with E-state index >= 15 is 0 Å². The van der Waals surface area contributed by atoms with Gasteiger partial charge in [-0.1, -0.05) is 23.7 Å². The minimum Gasteiger partial charge on any atom is -0.463 e. The normalized spacial score (nSPS) is 12.0. The fourth-order valence-corrected chi connectivity index (χ4v) is 3.04. The number of carbonyl (C=O) groups excluding carboxylic acids is 2. The standard InChI is InChI=1S/C20H20ClNO3S/c1-3-25-19(23)13-6-15-4-9-17(10-5-15)22-20(24)14(2)26-18-11-7-16(21)8-12-18/h4-14H,3H2,1-2H3,(H,22,24). The summed E-state index contributed by atoms with van der Waals surface area (Å²) in [7, 11) is 0. The number of nitrogens with one attached hydrogen (secondary N) is 1. The summed E-state index contributed by atoms with van der Waals surface area (Å²) in [6.45, 7) is 3.96. The van der Waals surface area contributed by atoms with Crippen LogP contribution in [0.5, 0.6) is 0 Å². The van der Waals surface area contributed by atoms with E-state index in [4.69, 9.17) is 16.3 Å². The SMILES string of the molecule is CCOC(=O)C=Cc1ccc(NC(=O)C(C)Sc2ccc(Cl)cc2)cc1. The van der Waals surface area contributed by atoms with Crippen LogP contribution >= 0.6 is 23.4 Å². The van der Waals surface area contributed by atoms with Gasteiger partial charge < -0.3 is 10.1 Å². The number of thioether (sulfide) groups is 1. The molecule has 1 atom stereocenters. The van der Waals surface area contributed by atoms with Crippen molar-refractivity contribution in [3.8, 4) is 0 Å². The van der Waals surface area contributed by atoms with Gasteiger partial charge in [0, 0.05) is 21.7 Å². The molecule has 4 nitrogen and oxygen atoms in total. The zero-order valence-electron chi connectivity index (χ0n) is 14.6. The smallest absolute Gasteiger partial charge is 0.330 e. The highest BCUT2D eigenvalue weighted by Crippen LogP contribution is 2.25. The van der Waals surface area contributed by atoms with E-state index in [2.05, 4.69) is 5.32 Å². The molecule has 0 fully saturated rings. The van der Waals surface area contributed by atoms with Gasteiger partial charge >= 0.3 is 5.97 Å². The highest BCUT2D eigenvalue weighted by molar-refractivity contribution is 8.00. The van der Waals surface area contributed by atoms with Gasteiger partial charge in [-0.3, -0.25) is 4.79 Å². The van der Waals surface area contributed by atoms with Crippen LogP contribution in [-0.4, -0.2) is 23.7 Å². The first-order valence-electron chi connectivity index (χ1n) is 8.16. The van der Waals surface area contributed by atoms with Crippen molar-refractivity contribution < 1.29 is 14.3 Å². The fourth-order valence-electron chi connectivity index (χ4n) is 2.05. The molecular formula is C20H20ClNO3S. The predicted octanol–water partition coefficient (Wildman–Crippen LogP) is 5.04. The molecule has 0 radical (unpaired) electrons. The molecular weight excluding hydrogens is 370 g/mol. The zero-order chi connectivity index (χ0) is 18.9. The monoisotopic (exact) mass is 389 g/mol. The van der Waals surface area contributed by atoms with Crippen LogP contribution in [0.2, 0.25) is 5.02 Å². The molecule has 0 aliphatic rings. The number of ether oxygens (including phenoxy) is 1. The lowest BCUT2D eigenvalue weighted by molar-refractivity contribution is -0.137. The Morgan fingerprint density at radius 2 is 1.81 bits per heavy atom. The number of rotatable bonds is 7.